The Kier molecular flexibility index (Phi) is 4.33. The van der Waals surface area contributed by atoms with E-state index in [1.54, 1.807) is 6.92 Å². The van der Waals surface area contributed by atoms with E-state index < -0.39 is 0 Å². The summed E-state index contributed by atoms with van der Waals surface area (Å²) < 4.78 is 12.8. The first-order valence-electron chi connectivity index (χ1n) is 7.62. The van der Waals surface area contributed by atoms with Crippen molar-refractivity contribution in [2.24, 2.45) is 7.05 Å². The zero-order chi connectivity index (χ0) is 16.2. The van der Waals surface area contributed by atoms with Gasteiger partial charge in [-0.25, -0.2) is 4.79 Å². The van der Waals surface area contributed by atoms with Crippen molar-refractivity contribution in [1.29, 1.82) is 0 Å². The zero-order valence-corrected chi connectivity index (χ0v) is 13.3. The number of carbonyl (C=O) groups excluding carboxylic acids is 1. The zero-order valence-electron chi connectivity index (χ0n) is 13.3. The summed E-state index contributed by atoms with van der Waals surface area (Å²) in [5.74, 6) is 0.473. The fraction of sp³-hybridized carbons (Fsp3) is 0.211. The molecule has 0 N–H and O–H groups in total. The van der Waals surface area contributed by atoms with Crippen LogP contribution in [0.2, 0.25) is 0 Å². The lowest BCUT2D eigenvalue weighted by Crippen LogP contribution is -2.09. The van der Waals surface area contributed by atoms with E-state index in [0.29, 0.717) is 18.9 Å². The molecule has 0 amide bonds. The summed E-state index contributed by atoms with van der Waals surface area (Å²) in [6, 6.07) is 17.7. The van der Waals surface area contributed by atoms with Gasteiger partial charge in [0, 0.05) is 18.0 Å². The van der Waals surface area contributed by atoms with Gasteiger partial charge in [0.15, 0.2) is 0 Å². The minimum absolute atomic E-state index is 0.307. The molecule has 0 atom stereocenters. The first kappa shape index (κ1) is 15.2. The molecule has 1 aromatic heterocycles. The predicted octanol–water partition coefficient (Wildman–Crippen LogP) is 3.93. The van der Waals surface area contributed by atoms with E-state index in [9.17, 15) is 4.79 Å². The van der Waals surface area contributed by atoms with Crippen LogP contribution < -0.4 is 4.74 Å². The number of nitrogens with zero attached hydrogens (tertiary/aromatic N) is 1. The number of carbonyl (C=O) groups is 1. The van der Waals surface area contributed by atoms with E-state index in [-0.39, 0.29) is 5.97 Å². The molecule has 0 bridgehead atoms. The molecule has 0 fully saturated rings. The van der Waals surface area contributed by atoms with Crippen molar-refractivity contribution >= 4 is 16.9 Å². The highest BCUT2D eigenvalue weighted by molar-refractivity contribution is 5.96. The molecule has 4 nitrogen and oxygen atoms in total. The number of aryl methyl sites for hydroxylation is 1. The normalized spacial score (nSPS) is 10.7. The van der Waals surface area contributed by atoms with Crippen molar-refractivity contribution in [2.45, 2.75) is 13.5 Å². The van der Waals surface area contributed by atoms with Crippen LogP contribution >= 0.6 is 0 Å². The molecule has 2 aromatic carbocycles. The van der Waals surface area contributed by atoms with E-state index in [1.165, 1.54) is 0 Å². The lowest BCUT2D eigenvalue weighted by Gasteiger charge is -2.07. The van der Waals surface area contributed by atoms with E-state index in [1.807, 2.05) is 66.2 Å². The summed E-state index contributed by atoms with van der Waals surface area (Å²) in [4.78, 5) is 12.0. The molecule has 4 heteroatoms. The molecule has 0 radical (unpaired) electrons. The van der Waals surface area contributed by atoms with Crippen LogP contribution in [0.25, 0.3) is 10.9 Å². The SMILES string of the molecule is CCOC(=O)c1cc2cc(OCc3ccccc3)ccc2n1C. The number of fused-ring (bicyclic) bond motifs is 1. The third-order valence-electron chi connectivity index (χ3n) is 3.75. The molecular weight excluding hydrogens is 290 g/mol. The van der Waals surface area contributed by atoms with Gasteiger partial charge in [0.1, 0.15) is 18.1 Å². The highest BCUT2D eigenvalue weighted by Crippen LogP contribution is 2.25. The Morgan fingerprint density at radius 3 is 2.61 bits per heavy atom. The summed E-state index contributed by atoms with van der Waals surface area (Å²) in [7, 11) is 1.86. The van der Waals surface area contributed by atoms with Gasteiger partial charge in [-0.15, -0.1) is 0 Å². The summed E-state index contributed by atoms with van der Waals surface area (Å²) in [5, 5.41) is 0.959. The maximum Gasteiger partial charge on any atom is 0.354 e. The highest BCUT2D eigenvalue weighted by Gasteiger charge is 2.14. The van der Waals surface area contributed by atoms with Crippen LogP contribution in [0.15, 0.2) is 54.6 Å². The van der Waals surface area contributed by atoms with E-state index >= 15 is 0 Å². The Bertz CT molecular complexity index is 821. The smallest absolute Gasteiger partial charge is 0.354 e. The van der Waals surface area contributed by atoms with Gasteiger partial charge in [-0.2, -0.15) is 0 Å². The Labute approximate surface area is 135 Å². The number of ether oxygens (including phenoxy) is 2. The average molecular weight is 309 g/mol. The highest BCUT2D eigenvalue weighted by atomic mass is 16.5. The second-order valence-electron chi connectivity index (χ2n) is 5.30. The lowest BCUT2D eigenvalue weighted by molar-refractivity contribution is 0.0516. The molecule has 0 aliphatic carbocycles. The first-order valence-corrected chi connectivity index (χ1v) is 7.62. The van der Waals surface area contributed by atoms with Crippen LogP contribution in [0.5, 0.6) is 5.75 Å². The van der Waals surface area contributed by atoms with Crippen LogP contribution in [0.3, 0.4) is 0 Å². The van der Waals surface area contributed by atoms with Gasteiger partial charge in [-0.3, -0.25) is 0 Å². The number of hydrogen-bond donors (Lipinski definition) is 0. The first-order chi connectivity index (χ1) is 11.2. The largest absolute Gasteiger partial charge is 0.489 e. The third kappa shape index (κ3) is 3.21. The fourth-order valence-electron chi connectivity index (χ4n) is 2.56. The van der Waals surface area contributed by atoms with Crippen molar-refractivity contribution < 1.29 is 14.3 Å². The molecular formula is C19H19NO3. The topological polar surface area (TPSA) is 40.5 Å². The van der Waals surface area contributed by atoms with Crippen molar-refractivity contribution in [2.75, 3.05) is 6.61 Å². The Balaban J connectivity index is 1.83. The minimum Gasteiger partial charge on any atom is -0.489 e. The van der Waals surface area contributed by atoms with Gasteiger partial charge in [0.05, 0.1) is 6.61 Å². The van der Waals surface area contributed by atoms with Crippen molar-refractivity contribution in [3.8, 4) is 5.75 Å². The van der Waals surface area contributed by atoms with Crippen LogP contribution in [0, 0.1) is 0 Å². The van der Waals surface area contributed by atoms with E-state index in [4.69, 9.17) is 9.47 Å². The molecule has 0 saturated carbocycles. The summed E-state index contributed by atoms with van der Waals surface area (Å²) in [6.07, 6.45) is 0. The summed E-state index contributed by atoms with van der Waals surface area (Å²) in [6.45, 7) is 2.69. The van der Waals surface area contributed by atoms with Gasteiger partial charge in [0.2, 0.25) is 0 Å². The summed E-state index contributed by atoms with van der Waals surface area (Å²) >= 11 is 0. The molecule has 0 aliphatic heterocycles. The van der Waals surface area contributed by atoms with Crippen LogP contribution in [-0.2, 0) is 18.4 Å². The van der Waals surface area contributed by atoms with Gasteiger partial charge < -0.3 is 14.0 Å². The third-order valence-corrected chi connectivity index (χ3v) is 3.75. The second kappa shape index (κ2) is 6.57. The van der Waals surface area contributed by atoms with Crippen LogP contribution in [0.1, 0.15) is 23.0 Å². The standard InChI is InChI=1S/C19H19NO3/c1-3-22-19(21)18-12-15-11-16(9-10-17(15)20(18)2)23-13-14-7-5-4-6-8-14/h4-12H,3,13H2,1-2H3. The molecule has 3 rings (SSSR count). The molecule has 118 valence electrons. The maximum atomic E-state index is 12.0. The average Bonchev–Trinajstić information content (AvgIpc) is 2.91. The van der Waals surface area contributed by atoms with Crippen molar-refractivity contribution in [3.05, 3.63) is 65.9 Å². The Hall–Kier alpha value is -2.75. The van der Waals surface area contributed by atoms with Crippen LogP contribution in [-0.4, -0.2) is 17.1 Å². The van der Waals surface area contributed by atoms with Gasteiger partial charge in [-0.1, -0.05) is 30.3 Å². The lowest BCUT2D eigenvalue weighted by atomic mass is 10.2. The number of aromatic nitrogens is 1. The maximum absolute atomic E-state index is 12.0. The number of esters is 1. The molecule has 1 heterocycles. The molecule has 23 heavy (non-hydrogen) atoms. The predicted molar refractivity (Wildman–Crippen MR) is 89.6 cm³/mol. The number of hydrogen-bond acceptors (Lipinski definition) is 3. The van der Waals surface area contributed by atoms with Gasteiger partial charge in [-0.05, 0) is 36.8 Å². The fourth-order valence-corrected chi connectivity index (χ4v) is 2.56. The monoisotopic (exact) mass is 309 g/mol. The van der Waals surface area contributed by atoms with Crippen molar-refractivity contribution in [1.82, 2.24) is 4.57 Å². The number of rotatable bonds is 5. The second-order valence-corrected chi connectivity index (χ2v) is 5.30. The molecule has 0 saturated heterocycles. The van der Waals surface area contributed by atoms with E-state index in [0.717, 1.165) is 22.2 Å². The quantitative estimate of drug-likeness (QED) is 0.670. The van der Waals surface area contributed by atoms with Crippen molar-refractivity contribution in [3.63, 3.8) is 0 Å². The Morgan fingerprint density at radius 2 is 1.87 bits per heavy atom. The minimum atomic E-state index is -0.307. The molecule has 0 spiro atoms. The Morgan fingerprint density at radius 1 is 1.09 bits per heavy atom. The van der Waals surface area contributed by atoms with Gasteiger partial charge >= 0.3 is 5.97 Å². The molecule has 3 aromatic rings. The van der Waals surface area contributed by atoms with E-state index in [2.05, 4.69) is 0 Å². The molecule has 0 aliphatic rings. The van der Waals surface area contributed by atoms with Crippen LogP contribution in [0.4, 0.5) is 0 Å². The summed E-state index contributed by atoms with van der Waals surface area (Å²) in [5.41, 5.74) is 2.63. The number of benzene rings is 2. The molecule has 0 unspecified atom stereocenters. The van der Waals surface area contributed by atoms with Gasteiger partial charge in [0.25, 0.3) is 0 Å².